The summed E-state index contributed by atoms with van der Waals surface area (Å²) in [6.45, 7) is 2.07. The highest BCUT2D eigenvalue weighted by molar-refractivity contribution is 6.31. The largest absolute Gasteiger partial charge is 0.482 e. The summed E-state index contributed by atoms with van der Waals surface area (Å²) in [7, 11) is 0. The van der Waals surface area contributed by atoms with Gasteiger partial charge >= 0.3 is 0 Å². The summed E-state index contributed by atoms with van der Waals surface area (Å²) in [6.07, 6.45) is 4.01. The van der Waals surface area contributed by atoms with Gasteiger partial charge in [-0.25, -0.2) is 0 Å². The maximum Gasteiger partial charge on any atom is 0.269 e. The van der Waals surface area contributed by atoms with Gasteiger partial charge in [-0.2, -0.15) is 0 Å². The number of nitrogens with zero attached hydrogens (tertiary/aromatic N) is 3. The molecule has 3 aliphatic heterocycles. The summed E-state index contributed by atoms with van der Waals surface area (Å²) in [6, 6.07) is 27.3. The minimum Gasteiger partial charge on any atom is -0.482 e. The molecular weight excluding hydrogens is 642 g/mol. The fourth-order valence-electron chi connectivity index (χ4n) is 7.11. The zero-order valence-corrected chi connectivity index (χ0v) is 27.7. The molecule has 49 heavy (non-hydrogen) atoms. The van der Waals surface area contributed by atoms with E-state index in [1.165, 1.54) is 4.90 Å². The quantitative estimate of drug-likeness (QED) is 0.233. The maximum absolute atomic E-state index is 14.2. The number of anilines is 3. The lowest BCUT2D eigenvalue weighted by Crippen LogP contribution is -2.46. The first kappa shape index (κ1) is 32.6. The van der Waals surface area contributed by atoms with Crippen molar-refractivity contribution in [1.82, 2.24) is 4.90 Å². The Morgan fingerprint density at radius 2 is 1.78 bits per heavy atom. The second kappa shape index (κ2) is 13.2. The molecule has 4 aromatic carbocycles. The molecule has 0 saturated heterocycles. The molecule has 2 N–H and O–H groups in total. The van der Waals surface area contributed by atoms with E-state index in [4.69, 9.17) is 16.3 Å². The molecule has 0 aliphatic carbocycles. The summed E-state index contributed by atoms with van der Waals surface area (Å²) in [5, 5.41) is 22.6. The minimum atomic E-state index is -1.94. The molecule has 7 rings (SSSR count). The van der Waals surface area contributed by atoms with Crippen LogP contribution in [0.5, 0.6) is 5.75 Å². The van der Waals surface area contributed by atoms with Gasteiger partial charge in [0, 0.05) is 35.2 Å². The molecular formula is C39H36ClN3O6. The molecule has 3 heterocycles. The average Bonchev–Trinajstić information content (AvgIpc) is 3.32. The zero-order valence-electron chi connectivity index (χ0n) is 27.0. The van der Waals surface area contributed by atoms with Gasteiger partial charge in [0.2, 0.25) is 5.91 Å². The van der Waals surface area contributed by atoms with Gasteiger partial charge in [0.05, 0.1) is 30.6 Å². The number of carbonyl (C=O) groups excluding carboxylic acids is 3. The number of hydrogen-bond donors (Lipinski definition) is 2. The van der Waals surface area contributed by atoms with Crippen LogP contribution in [-0.2, 0) is 39.5 Å². The number of amides is 3. The molecule has 0 aromatic heterocycles. The van der Waals surface area contributed by atoms with Crippen LogP contribution in [0.1, 0.15) is 35.6 Å². The molecule has 0 spiro atoms. The van der Waals surface area contributed by atoms with Crippen LogP contribution in [0.15, 0.2) is 103 Å². The normalized spacial score (nSPS) is 20.6. The number of hydrogen-bond acceptors (Lipinski definition) is 6. The molecule has 0 radical (unpaired) electrons. The van der Waals surface area contributed by atoms with E-state index in [-0.39, 0.29) is 44.0 Å². The van der Waals surface area contributed by atoms with Crippen molar-refractivity contribution >= 4 is 46.4 Å². The lowest BCUT2D eigenvalue weighted by Gasteiger charge is -2.36. The number of aliphatic hydroxyl groups excluding tert-OH is 1. The van der Waals surface area contributed by atoms with E-state index < -0.39 is 17.4 Å². The van der Waals surface area contributed by atoms with Crippen molar-refractivity contribution in [3.8, 4) is 5.75 Å². The first-order valence-corrected chi connectivity index (χ1v) is 16.7. The Bertz CT molecular complexity index is 1980. The smallest absolute Gasteiger partial charge is 0.269 e. The highest BCUT2D eigenvalue weighted by Gasteiger charge is 2.52. The van der Waals surface area contributed by atoms with Crippen LogP contribution in [0.2, 0.25) is 5.02 Å². The van der Waals surface area contributed by atoms with Crippen molar-refractivity contribution in [3.05, 3.63) is 130 Å². The van der Waals surface area contributed by atoms with Crippen molar-refractivity contribution in [2.45, 2.75) is 44.5 Å². The number of para-hydroxylation sites is 2. The predicted molar refractivity (Wildman–Crippen MR) is 187 cm³/mol. The molecule has 0 fully saturated rings. The SMILES string of the molecule is C[C@H](/C=C/CC(=O)N1Cc2ccccc2C[C@H]1CO)[C@@]1(O)C(=O)N(Cc2cccc(N3C(=O)COc4ccccc43)c2)c2ccc(Cl)cc21. The van der Waals surface area contributed by atoms with Gasteiger partial charge in [0.1, 0.15) is 5.75 Å². The Hall–Kier alpha value is -4.96. The molecule has 0 bridgehead atoms. The minimum absolute atomic E-state index is 0.0512. The summed E-state index contributed by atoms with van der Waals surface area (Å²) in [5.74, 6) is -0.970. The van der Waals surface area contributed by atoms with Crippen LogP contribution in [0.25, 0.3) is 0 Å². The number of fused-ring (bicyclic) bond motifs is 3. The average molecular weight is 678 g/mol. The molecule has 250 valence electrons. The first-order valence-electron chi connectivity index (χ1n) is 16.3. The summed E-state index contributed by atoms with van der Waals surface area (Å²) in [4.78, 5) is 45.3. The Labute approximate surface area is 289 Å². The van der Waals surface area contributed by atoms with Gasteiger partial charge < -0.3 is 24.7 Å². The van der Waals surface area contributed by atoms with Crippen LogP contribution >= 0.6 is 11.6 Å². The standard InChI is InChI=1S/C39H36ClN3O6/c1-25(8-6-15-36(45)41-22-28-11-3-2-10-27(28)19-31(41)23-44)39(48)32-20-29(40)16-17-33(32)42(38(39)47)21-26-9-7-12-30(18-26)43-34-13-4-5-14-35(34)49-24-37(43)46/h2-14,16-18,20,25,31,44,48H,15,19,21-24H2,1H3/b8-6+/t25-,31+,39+/m1/s1. The molecule has 9 nitrogen and oxygen atoms in total. The molecule has 4 aromatic rings. The fraction of sp³-hybridized carbons (Fsp3) is 0.256. The maximum atomic E-state index is 14.2. The molecule has 0 unspecified atom stereocenters. The molecule has 3 atom stereocenters. The first-order chi connectivity index (χ1) is 23.7. The summed E-state index contributed by atoms with van der Waals surface area (Å²) < 4.78 is 5.61. The zero-order chi connectivity index (χ0) is 34.3. The topological polar surface area (TPSA) is 111 Å². The number of halogens is 1. The van der Waals surface area contributed by atoms with Gasteiger partial charge in [-0.15, -0.1) is 0 Å². The van der Waals surface area contributed by atoms with Crippen molar-refractivity contribution in [2.75, 3.05) is 23.0 Å². The highest BCUT2D eigenvalue weighted by atomic mass is 35.5. The number of ether oxygens (including phenoxy) is 1. The molecule has 0 saturated carbocycles. The van der Waals surface area contributed by atoms with Gasteiger partial charge in [0.25, 0.3) is 11.8 Å². The van der Waals surface area contributed by atoms with Crippen LogP contribution < -0.4 is 14.5 Å². The summed E-state index contributed by atoms with van der Waals surface area (Å²) in [5.41, 5.74) is 3.20. The lowest BCUT2D eigenvalue weighted by atomic mass is 9.83. The van der Waals surface area contributed by atoms with E-state index in [1.807, 2.05) is 72.8 Å². The van der Waals surface area contributed by atoms with Crippen LogP contribution in [0, 0.1) is 5.92 Å². The van der Waals surface area contributed by atoms with E-state index in [0.717, 1.165) is 16.7 Å². The lowest BCUT2D eigenvalue weighted by molar-refractivity contribution is -0.139. The van der Waals surface area contributed by atoms with Crippen LogP contribution in [0.3, 0.4) is 0 Å². The van der Waals surface area contributed by atoms with Gasteiger partial charge in [-0.1, -0.05) is 79.2 Å². The second-order valence-corrected chi connectivity index (χ2v) is 13.2. The van der Waals surface area contributed by atoms with Crippen molar-refractivity contribution < 1.29 is 29.3 Å². The Kier molecular flexibility index (Phi) is 8.75. The molecule has 3 aliphatic rings. The third-order valence-electron chi connectivity index (χ3n) is 9.71. The number of carbonyl (C=O) groups is 3. The van der Waals surface area contributed by atoms with Crippen molar-refractivity contribution in [1.29, 1.82) is 0 Å². The summed E-state index contributed by atoms with van der Waals surface area (Å²) >= 11 is 6.39. The van der Waals surface area contributed by atoms with E-state index in [1.54, 1.807) is 47.1 Å². The fourth-order valence-corrected chi connectivity index (χ4v) is 7.28. The highest BCUT2D eigenvalue weighted by Crippen LogP contribution is 2.47. The van der Waals surface area contributed by atoms with Gasteiger partial charge in [-0.05, 0) is 65.6 Å². The van der Waals surface area contributed by atoms with Gasteiger partial charge in [-0.3, -0.25) is 19.3 Å². The van der Waals surface area contributed by atoms with E-state index in [9.17, 15) is 24.6 Å². The molecule has 10 heteroatoms. The van der Waals surface area contributed by atoms with Crippen LogP contribution in [-0.4, -0.2) is 52.1 Å². The number of aliphatic hydroxyl groups is 2. The van der Waals surface area contributed by atoms with Crippen LogP contribution in [0.4, 0.5) is 17.1 Å². The monoisotopic (exact) mass is 677 g/mol. The Morgan fingerprint density at radius 1 is 1.00 bits per heavy atom. The third kappa shape index (κ3) is 5.88. The van der Waals surface area contributed by atoms with E-state index in [0.29, 0.717) is 46.4 Å². The predicted octanol–water partition coefficient (Wildman–Crippen LogP) is 5.66. The van der Waals surface area contributed by atoms with Gasteiger partial charge in [0.15, 0.2) is 12.2 Å². The number of benzene rings is 4. The molecule has 3 amide bonds. The van der Waals surface area contributed by atoms with Crippen molar-refractivity contribution in [3.63, 3.8) is 0 Å². The van der Waals surface area contributed by atoms with E-state index in [2.05, 4.69) is 0 Å². The Balaban J connectivity index is 1.11. The third-order valence-corrected chi connectivity index (χ3v) is 9.95. The van der Waals surface area contributed by atoms with Crippen molar-refractivity contribution in [2.24, 2.45) is 5.92 Å². The van der Waals surface area contributed by atoms with E-state index >= 15 is 0 Å². The Morgan fingerprint density at radius 3 is 2.59 bits per heavy atom. The second-order valence-electron chi connectivity index (χ2n) is 12.7. The number of rotatable bonds is 8.